The first kappa shape index (κ1) is 23.5. The molecule has 8 nitrogen and oxygen atoms in total. The summed E-state index contributed by atoms with van der Waals surface area (Å²) in [6.07, 6.45) is 0. The highest BCUT2D eigenvalue weighted by atomic mass is 17.2. The second-order valence-electron chi connectivity index (χ2n) is 6.49. The number of benzene rings is 2. The maximum atomic E-state index is 12.3. The summed E-state index contributed by atoms with van der Waals surface area (Å²) in [6, 6.07) is 7.15. The van der Waals surface area contributed by atoms with Gasteiger partial charge in [-0.3, -0.25) is 0 Å². The van der Waals surface area contributed by atoms with E-state index in [1.807, 2.05) is 26.0 Å². The molecule has 162 valence electrons. The van der Waals surface area contributed by atoms with Crippen molar-refractivity contribution in [1.29, 1.82) is 0 Å². The summed E-state index contributed by atoms with van der Waals surface area (Å²) >= 11 is 0. The summed E-state index contributed by atoms with van der Waals surface area (Å²) in [6.45, 7) is 4.22. The molecule has 0 atom stereocenters. The van der Waals surface area contributed by atoms with Gasteiger partial charge in [-0.2, -0.15) is 0 Å². The number of carbonyl (C=O) groups excluding carboxylic acids is 2. The molecule has 0 spiro atoms. The van der Waals surface area contributed by atoms with Gasteiger partial charge in [-0.25, -0.2) is 29.1 Å². The van der Waals surface area contributed by atoms with Crippen molar-refractivity contribution in [3.05, 3.63) is 57.6 Å². The number of methoxy groups -OCH3 is 2. The van der Waals surface area contributed by atoms with Crippen LogP contribution >= 0.6 is 0 Å². The smallest absolute Gasteiger partial charge is 0.338 e. The Morgan fingerprint density at radius 3 is 1.60 bits per heavy atom. The summed E-state index contributed by atoms with van der Waals surface area (Å²) in [4.78, 5) is 44.1. The van der Waals surface area contributed by atoms with Crippen LogP contribution in [0.1, 0.15) is 43.0 Å². The molecule has 0 amide bonds. The number of rotatable bonds is 9. The van der Waals surface area contributed by atoms with Crippen LogP contribution in [0.25, 0.3) is 11.1 Å². The van der Waals surface area contributed by atoms with Crippen LogP contribution in [0.2, 0.25) is 0 Å². The SMILES string of the molecule is COOCc1cc(C)c(-c2cc(C(=O)OC)c(C(=O)OC)cc2C)cc1COOC. The minimum atomic E-state index is -0.623. The van der Waals surface area contributed by atoms with Gasteiger partial charge in [0.1, 0.15) is 13.2 Å². The first-order valence-electron chi connectivity index (χ1n) is 9.13. The fourth-order valence-corrected chi connectivity index (χ4v) is 3.17. The maximum absolute atomic E-state index is 12.3. The van der Waals surface area contributed by atoms with Gasteiger partial charge in [0.15, 0.2) is 0 Å². The third-order valence-electron chi connectivity index (χ3n) is 4.68. The van der Waals surface area contributed by atoms with Crippen molar-refractivity contribution in [2.45, 2.75) is 27.1 Å². The lowest BCUT2D eigenvalue weighted by molar-refractivity contribution is -0.287. The molecule has 0 fully saturated rings. The molecule has 2 aromatic carbocycles. The number of ether oxygens (including phenoxy) is 2. The zero-order valence-corrected chi connectivity index (χ0v) is 18.0. The van der Waals surface area contributed by atoms with Gasteiger partial charge >= 0.3 is 11.9 Å². The molecule has 2 aromatic rings. The Kier molecular flexibility index (Phi) is 8.49. The van der Waals surface area contributed by atoms with Crippen molar-refractivity contribution >= 4 is 11.9 Å². The molecule has 0 aromatic heterocycles. The number of aryl methyl sites for hydroxylation is 2. The Hall–Kier alpha value is -2.78. The summed E-state index contributed by atoms with van der Waals surface area (Å²) < 4.78 is 9.67. The normalized spacial score (nSPS) is 10.7. The third-order valence-corrected chi connectivity index (χ3v) is 4.68. The van der Waals surface area contributed by atoms with Gasteiger partial charge in [0, 0.05) is 0 Å². The van der Waals surface area contributed by atoms with E-state index in [2.05, 4.69) is 0 Å². The van der Waals surface area contributed by atoms with Crippen LogP contribution in [0, 0.1) is 13.8 Å². The molecule has 0 aliphatic heterocycles. The zero-order chi connectivity index (χ0) is 22.3. The largest absolute Gasteiger partial charge is 0.465 e. The van der Waals surface area contributed by atoms with Crippen LogP contribution in [0.15, 0.2) is 24.3 Å². The molecule has 0 aliphatic carbocycles. The highest BCUT2D eigenvalue weighted by Gasteiger charge is 2.22. The molecule has 2 rings (SSSR count). The predicted molar refractivity (Wildman–Crippen MR) is 108 cm³/mol. The van der Waals surface area contributed by atoms with Gasteiger partial charge in [-0.05, 0) is 65.4 Å². The molecule has 0 N–H and O–H groups in total. The number of esters is 2. The maximum Gasteiger partial charge on any atom is 0.338 e. The lowest BCUT2D eigenvalue weighted by atomic mass is 9.89. The van der Waals surface area contributed by atoms with Crippen LogP contribution in [0.5, 0.6) is 0 Å². The molecule has 0 unspecified atom stereocenters. The number of hydrogen-bond donors (Lipinski definition) is 0. The predicted octanol–water partition coefficient (Wildman–Crippen LogP) is 3.70. The Morgan fingerprint density at radius 2 is 1.10 bits per heavy atom. The molecule has 8 heteroatoms. The van der Waals surface area contributed by atoms with Crippen LogP contribution in [0.4, 0.5) is 0 Å². The lowest BCUT2D eigenvalue weighted by Crippen LogP contribution is -2.13. The molecular weight excluding hydrogens is 392 g/mol. The highest BCUT2D eigenvalue weighted by Crippen LogP contribution is 2.32. The van der Waals surface area contributed by atoms with Crippen molar-refractivity contribution in [3.63, 3.8) is 0 Å². The first-order valence-corrected chi connectivity index (χ1v) is 9.13. The van der Waals surface area contributed by atoms with Gasteiger partial charge in [-0.15, -0.1) is 0 Å². The number of carbonyl (C=O) groups is 2. The van der Waals surface area contributed by atoms with E-state index >= 15 is 0 Å². The van der Waals surface area contributed by atoms with Gasteiger partial charge in [0.2, 0.25) is 0 Å². The van der Waals surface area contributed by atoms with E-state index in [9.17, 15) is 9.59 Å². The monoisotopic (exact) mass is 418 g/mol. The molecule has 0 saturated heterocycles. The zero-order valence-electron chi connectivity index (χ0n) is 18.0. The Morgan fingerprint density at radius 1 is 0.667 bits per heavy atom. The first-order chi connectivity index (χ1) is 14.4. The van der Waals surface area contributed by atoms with Gasteiger partial charge in [0.25, 0.3) is 0 Å². The fraction of sp³-hybridized carbons (Fsp3) is 0.364. The van der Waals surface area contributed by atoms with Crippen molar-refractivity contribution in [3.8, 4) is 11.1 Å². The highest BCUT2D eigenvalue weighted by molar-refractivity contribution is 6.04. The van der Waals surface area contributed by atoms with Crippen LogP contribution in [0.3, 0.4) is 0 Å². The van der Waals surface area contributed by atoms with Crippen molar-refractivity contribution < 1.29 is 38.6 Å². The molecule has 30 heavy (non-hydrogen) atoms. The Labute approximate surface area is 175 Å². The summed E-state index contributed by atoms with van der Waals surface area (Å²) in [5, 5.41) is 0. The van der Waals surface area contributed by atoms with Crippen molar-refractivity contribution in [1.82, 2.24) is 0 Å². The van der Waals surface area contributed by atoms with E-state index in [0.29, 0.717) is 0 Å². The van der Waals surface area contributed by atoms with Crippen LogP contribution in [-0.2, 0) is 42.2 Å². The lowest BCUT2D eigenvalue weighted by Gasteiger charge is -2.17. The summed E-state index contributed by atoms with van der Waals surface area (Å²) in [5.74, 6) is -1.23. The molecule has 0 bridgehead atoms. The Bertz CT molecular complexity index is 920. The third kappa shape index (κ3) is 5.22. The molecule has 0 radical (unpaired) electrons. The van der Waals surface area contributed by atoms with E-state index in [1.165, 1.54) is 28.4 Å². The summed E-state index contributed by atoms with van der Waals surface area (Å²) in [5.41, 5.74) is 5.35. The van der Waals surface area contributed by atoms with Crippen molar-refractivity contribution in [2.24, 2.45) is 0 Å². The van der Waals surface area contributed by atoms with E-state index in [-0.39, 0.29) is 24.3 Å². The second kappa shape index (κ2) is 10.8. The topological polar surface area (TPSA) is 89.5 Å². The van der Waals surface area contributed by atoms with E-state index < -0.39 is 11.9 Å². The van der Waals surface area contributed by atoms with Crippen LogP contribution < -0.4 is 0 Å². The van der Waals surface area contributed by atoms with Gasteiger partial charge in [0.05, 0.1) is 39.6 Å². The minimum Gasteiger partial charge on any atom is -0.465 e. The minimum absolute atomic E-state index is 0.130. The average Bonchev–Trinajstić information content (AvgIpc) is 2.75. The molecular formula is C22H26O8. The van der Waals surface area contributed by atoms with Crippen molar-refractivity contribution in [2.75, 3.05) is 28.4 Å². The molecule has 0 saturated carbocycles. The summed E-state index contributed by atoms with van der Waals surface area (Å²) in [7, 11) is 5.39. The fourth-order valence-electron chi connectivity index (χ4n) is 3.17. The quantitative estimate of drug-likeness (QED) is 0.346. The van der Waals surface area contributed by atoms with Gasteiger partial charge in [-0.1, -0.05) is 6.07 Å². The second-order valence-corrected chi connectivity index (χ2v) is 6.49. The van der Waals surface area contributed by atoms with E-state index in [4.69, 9.17) is 29.0 Å². The van der Waals surface area contributed by atoms with E-state index in [1.54, 1.807) is 12.1 Å². The standard InChI is InChI=1S/C22H26O8/c1-13-7-15(11-29-27-5)16(12-30-28-6)9-17(13)18-10-20(22(24)26-4)19(8-14(18)2)21(23)25-3/h7-10H,11-12H2,1-6H3. The van der Waals surface area contributed by atoms with Gasteiger partial charge < -0.3 is 9.47 Å². The molecule has 0 heterocycles. The van der Waals surface area contributed by atoms with Crippen LogP contribution in [-0.4, -0.2) is 40.4 Å². The number of hydrogen-bond acceptors (Lipinski definition) is 8. The van der Waals surface area contributed by atoms with E-state index in [0.717, 1.165) is 33.4 Å². The molecule has 0 aliphatic rings. The Balaban J connectivity index is 2.66. The average molecular weight is 418 g/mol.